The monoisotopic (exact) mass is 477 g/mol. The minimum Gasteiger partial charge on any atom is -0.491 e. The van der Waals surface area contributed by atoms with Crippen molar-refractivity contribution < 1.29 is 31.8 Å². The Labute approximate surface area is 190 Å². The van der Waals surface area contributed by atoms with Gasteiger partial charge < -0.3 is 25.0 Å². The van der Waals surface area contributed by atoms with E-state index in [1.165, 1.54) is 29.2 Å². The molecule has 0 atom stereocenters. The first-order chi connectivity index (χ1) is 16.3. The first kappa shape index (κ1) is 22.1. The van der Waals surface area contributed by atoms with Crippen LogP contribution in [0.3, 0.4) is 0 Å². The summed E-state index contributed by atoms with van der Waals surface area (Å²) >= 11 is 0. The van der Waals surface area contributed by atoms with Crippen LogP contribution >= 0.6 is 0 Å². The molecule has 0 unspecified atom stereocenters. The Bertz CT molecular complexity index is 1270. The molecule has 1 amide bonds. The summed E-state index contributed by atoms with van der Waals surface area (Å²) < 4.78 is 66.2. The normalized spacial score (nSPS) is 16.7. The smallest absolute Gasteiger partial charge is 0.419 e. The van der Waals surface area contributed by atoms with Crippen molar-refractivity contribution in [3.63, 3.8) is 0 Å². The molecule has 12 heteroatoms. The minimum absolute atomic E-state index is 0.0337. The van der Waals surface area contributed by atoms with Crippen LogP contribution in [0.4, 0.5) is 35.0 Å². The molecule has 1 saturated heterocycles. The maximum absolute atomic E-state index is 14.9. The zero-order valence-corrected chi connectivity index (χ0v) is 17.7. The lowest BCUT2D eigenvalue weighted by molar-refractivity contribution is -0.139. The van der Waals surface area contributed by atoms with Gasteiger partial charge in [0.15, 0.2) is 0 Å². The Morgan fingerprint density at radius 3 is 2.74 bits per heavy atom. The Hall–Kier alpha value is -3.67. The Balaban J connectivity index is 1.59. The number of carbonyl (C=O) groups excluding carboxylic acids is 1. The van der Waals surface area contributed by atoms with E-state index in [2.05, 4.69) is 20.6 Å². The molecule has 2 aromatic carbocycles. The van der Waals surface area contributed by atoms with Crippen LogP contribution < -0.4 is 20.3 Å². The third-order valence-corrected chi connectivity index (χ3v) is 5.52. The van der Waals surface area contributed by atoms with Crippen LogP contribution in [-0.2, 0) is 22.3 Å². The highest BCUT2D eigenvalue weighted by Crippen LogP contribution is 2.39. The quantitative estimate of drug-likeness (QED) is 0.518. The Morgan fingerprint density at radius 1 is 1.09 bits per heavy atom. The molecule has 1 aromatic heterocycles. The van der Waals surface area contributed by atoms with Gasteiger partial charge in [-0.1, -0.05) is 12.1 Å². The molecule has 0 aliphatic carbocycles. The number of morpholine rings is 1. The van der Waals surface area contributed by atoms with Crippen molar-refractivity contribution in [3.05, 3.63) is 47.3 Å². The van der Waals surface area contributed by atoms with Gasteiger partial charge >= 0.3 is 6.18 Å². The number of rotatable bonds is 1. The van der Waals surface area contributed by atoms with Crippen molar-refractivity contribution in [2.24, 2.45) is 0 Å². The minimum atomic E-state index is -4.58. The average Bonchev–Trinajstić information content (AvgIpc) is 2.82. The molecule has 178 valence electrons. The number of carbonyl (C=O) groups is 1. The number of fused-ring (bicyclic) bond motifs is 5. The van der Waals surface area contributed by atoms with E-state index in [4.69, 9.17) is 9.47 Å². The van der Waals surface area contributed by atoms with Gasteiger partial charge in [0.1, 0.15) is 30.6 Å². The van der Waals surface area contributed by atoms with Crippen molar-refractivity contribution in [1.29, 1.82) is 0 Å². The summed E-state index contributed by atoms with van der Waals surface area (Å²) in [4.78, 5) is 22.3. The van der Waals surface area contributed by atoms with Crippen molar-refractivity contribution in [3.8, 4) is 5.75 Å². The molecule has 3 aromatic rings. The fraction of sp³-hybridized carbons (Fsp3) is 0.318. The Kier molecular flexibility index (Phi) is 5.60. The summed E-state index contributed by atoms with van der Waals surface area (Å²) in [6.07, 6.45) is -4.58. The maximum Gasteiger partial charge on any atom is 0.419 e. The second-order valence-electron chi connectivity index (χ2n) is 7.73. The fourth-order valence-corrected chi connectivity index (χ4v) is 3.94. The Morgan fingerprint density at radius 2 is 1.94 bits per heavy atom. The van der Waals surface area contributed by atoms with Gasteiger partial charge in [0, 0.05) is 30.1 Å². The number of alkyl halides is 3. The number of nitrogens with zero attached hydrogens (tertiary/aromatic N) is 3. The number of hydrogen-bond donors (Lipinski definition) is 2. The summed E-state index contributed by atoms with van der Waals surface area (Å²) in [6, 6.07) is 6.48. The number of amides is 1. The number of halogens is 4. The molecule has 2 aliphatic heterocycles. The van der Waals surface area contributed by atoms with Crippen LogP contribution in [0.1, 0.15) is 11.1 Å². The molecule has 1 fully saturated rings. The first-order valence-electron chi connectivity index (χ1n) is 10.5. The van der Waals surface area contributed by atoms with Gasteiger partial charge in [-0.05, 0) is 12.1 Å². The SMILES string of the molecule is O=C1COCCN1c1cc2c3nc(nc2cc1F)NCCOc1c(cccc1C(F)(F)F)CN3. The molecule has 2 aliphatic rings. The van der Waals surface area contributed by atoms with Crippen LogP contribution in [0, 0.1) is 5.82 Å². The van der Waals surface area contributed by atoms with Crippen LogP contribution in [0.5, 0.6) is 5.75 Å². The number of benzene rings is 2. The molecule has 2 bridgehead atoms. The standard InChI is InChI=1S/C22H19F4N5O3/c23-15-9-16-13(8-17(15)31-5-7-33-11-18(31)32)20-28-10-12-2-1-3-14(22(24,25)26)19(12)34-6-4-27-21(29-16)30-20/h1-3,8-9H,4-7,10-11H2,(H2,27,28,29,30). The number of anilines is 3. The number of para-hydroxylation sites is 1. The predicted octanol–water partition coefficient (Wildman–Crippen LogP) is 3.57. The van der Waals surface area contributed by atoms with Crippen LogP contribution in [-0.4, -0.2) is 48.8 Å². The fourth-order valence-electron chi connectivity index (χ4n) is 3.94. The highest BCUT2D eigenvalue weighted by atomic mass is 19.4. The van der Waals surface area contributed by atoms with E-state index in [1.54, 1.807) is 0 Å². The second kappa shape index (κ2) is 8.60. The van der Waals surface area contributed by atoms with E-state index in [1.807, 2.05) is 0 Å². The van der Waals surface area contributed by atoms with E-state index >= 15 is 0 Å². The zero-order valence-electron chi connectivity index (χ0n) is 17.7. The molecule has 34 heavy (non-hydrogen) atoms. The average molecular weight is 477 g/mol. The van der Waals surface area contributed by atoms with Gasteiger partial charge in [-0.2, -0.15) is 18.2 Å². The number of nitrogens with one attached hydrogen (secondary N) is 2. The zero-order chi connectivity index (χ0) is 23.9. The van der Waals surface area contributed by atoms with Crippen LogP contribution in [0.2, 0.25) is 0 Å². The van der Waals surface area contributed by atoms with E-state index in [9.17, 15) is 22.4 Å². The lowest BCUT2D eigenvalue weighted by Gasteiger charge is -2.27. The van der Waals surface area contributed by atoms with Gasteiger partial charge in [-0.3, -0.25) is 4.79 Å². The van der Waals surface area contributed by atoms with Crippen molar-refractivity contribution in [1.82, 2.24) is 9.97 Å². The lowest BCUT2D eigenvalue weighted by atomic mass is 10.1. The van der Waals surface area contributed by atoms with Crippen molar-refractivity contribution in [2.45, 2.75) is 12.7 Å². The van der Waals surface area contributed by atoms with Gasteiger partial charge in [0.25, 0.3) is 5.91 Å². The molecular formula is C22H19F4N5O3. The number of ether oxygens (including phenoxy) is 2. The third-order valence-electron chi connectivity index (χ3n) is 5.52. The van der Waals surface area contributed by atoms with Crippen molar-refractivity contribution in [2.75, 3.05) is 48.4 Å². The molecule has 0 spiro atoms. The predicted molar refractivity (Wildman–Crippen MR) is 115 cm³/mol. The molecule has 5 rings (SSSR count). The molecule has 0 radical (unpaired) electrons. The molecule has 8 nitrogen and oxygen atoms in total. The molecular weight excluding hydrogens is 458 g/mol. The van der Waals surface area contributed by atoms with Gasteiger partial charge in [0.05, 0.1) is 29.9 Å². The number of hydrogen-bond acceptors (Lipinski definition) is 7. The summed E-state index contributed by atoms with van der Waals surface area (Å²) in [6.45, 7) is 0.332. The molecule has 0 saturated carbocycles. The maximum atomic E-state index is 14.9. The van der Waals surface area contributed by atoms with Crippen LogP contribution in [0.25, 0.3) is 10.9 Å². The van der Waals surface area contributed by atoms with Gasteiger partial charge in [-0.25, -0.2) is 9.37 Å². The summed E-state index contributed by atoms with van der Waals surface area (Å²) in [5.74, 6) is -0.835. The van der Waals surface area contributed by atoms with Crippen molar-refractivity contribution >= 4 is 34.3 Å². The highest BCUT2D eigenvalue weighted by Gasteiger charge is 2.35. The highest BCUT2D eigenvalue weighted by molar-refractivity contribution is 5.99. The lowest BCUT2D eigenvalue weighted by Crippen LogP contribution is -2.42. The van der Waals surface area contributed by atoms with Gasteiger partial charge in [-0.15, -0.1) is 0 Å². The van der Waals surface area contributed by atoms with Gasteiger partial charge in [0.2, 0.25) is 5.95 Å². The topological polar surface area (TPSA) is 88.6 Å². The third kappa shape index (κ3) is 4.16. The number of aromatic nitrogens is 2. The summed E-state index contributed by atoms with van der Waals surface area (Å²) in [5.41, 5.74) is -0.258. The molecule has 2 N–H and O–H groups in total. The largest absolute Gasteiger partial charge is 0.491 e. The van der Waals surface area contributed by atoms with E-state index < -0.39 is 17.6 Å². The van der Waals surface area contributed by atoms with E-state index in [-0.39, 0.29) is 79.6 Å². The first-order valence-corrected chi connectivity index (χ1v) is 10.5. The van der Waals surface area contributed by atoms with E-state index in [0.717, 1.165) is 6.07 Å². The summed E-state index contributed by atoms with van der Waals surface area (Å²) in [7, 11) is 0. The van der Waals surface area contributed by atoms with Crippen LogP contribution in [0.15, 0.2) is 30.3 Å². The second-order valence-corrected chi connectivity index (χ2v) is 7.73. The van der Waals surface area contributed by atoms with E-state index in [0.29, 0.717) is 5.39 Å². The summed E-state index contributed by atoms with van der Waals surface area (Å²) in [5, 5.41) is 6.34. The molecule has 3 heterocycles.